The van der Waals surface area contributed by atoms with Crippen molar-refractivity contribution in [3.8, 4) is 11.8 Å². The van der Waals surface area contributed by atoms with E-state index < -0.39 is 0 Å². The quantitative estimate of drug-likeness (QED) is 0.610. The third kappa shape index (κ3) is 1.86. The highest BCUT2D eigenvalue weighted by Crippen LogP contribution is 2.02. The molecular weight excluding hydrogens is 150 g/mol. The molecule has 0 amide bonds. The standard InChI is InChI=1S/C9H13N3/c1-8-9(5-3-4-6-10)7-11-12(8)2/h7H,4,6,10H2,1-2H3. The molecule has 0 bridgehead atoms. The lowest BCUT2D eigenvalue weighted by Crippen LogP contribution is -1.95. The number of rotatable bonds is 1. The highest BCUT2D eigenvalue weighted by molar-refractivity contribution is 5.35. The summed E-state index contributed by atoms with van der Waals surface area (Å²) < 4.78 is 1.81. The van der Waals surface area contributed by atoms with Crippen LogP contribution in [0.3, 0.4) is 0 Å². The van der Waals surface area contributed by atoms with Crippen molar-refractivity contribution < 1.29 is 0 Å². The van der Waals surface area contributed by atoms with Gasteiger partial charge in [-0.05, 0) is 6.92 Å². The van der Waals surface area contributed by atoms with Crippen LogP contribution in [0.15, 0.2) is 6.20 Å². The van der Waals surface area contributed by atoms with Crippen molar-refractivity contribution in [1.29, 1.82) is 0 Å². The van der Waals surface area contributed by atoms with E-state index in [4.69, 9.17) is 5.73 Å². The molecule has 1 rings (SSSR count). The Labute approximate surface area is 72.6 Å². The third-order valence-electron chi connectivity index (χ3n) is 1.73. The van der Waals surface area contributed by atoms with Crippen molar-refractivity contribution in [2.24, 2.45) is 12.8 Å². The van der Waals surface area contributed by atoms with Crippen molar-refractivity contribution in [1.82, 2.24) is 9.78 Å². The zero-order valence-electron chi connectivity index (χ0n) is 7.46. The topological polar surface area (TPSA) is 43.8 Å². The summed E-state index contributed by atoms with van der Waals surface area (Å²) >= 11 is 0. The van der Waals surface area contributed by atoms with Gasteiger partial charge in [0.25, 0.3) is 0 Å². The van der Waals surface area contributed by atoms with Crippen LogP contribution >= 0.6 is 0 Å². The van der Waals surface area contributed by atoms with E-state index in [9.17, 15) is 0 Å². The minimum atomic E-state index is 0.617. The first-order valence-electron chi connectivity index (χ1n) is 3.93. The summed E-state index contributed by atoms with van der Waals surface area (Å²) in [6.07, 6.45) is 2.52. The lowest BCUT2D eigenvalue weighted by atomic mass is 10.2. The second-order valence-electron chi connectivity index (χ2n) is 2.61. The maximum absolute atomic E-state index is 5.31. The Morgan fingerprint density at radius 3 is 2.92 bits per heavy atom. The van der Waals surface area contributed by atoms with E-state index in [1.807, 2.05) is 18.7 Å². The van der Waals surface area contributed by atoms with Gasteiger partial charge in [-0.25, -0.2) is 0 Å². The molecule has 0 spiro atoms. The van der Waals surface area contributed by atoms with Gasteiger partial charge in [-0.2, -0.15) is 5.10 Å². The second kappa shape index (κ2) is 3.93. The van der Waals surface area contributed by atoms with E-state index in [-0.39, 0.29) is 0 Å². The van der Waals surface area contributed by atoms with E-state index in [1.54, 1.807) is 6.20 Å². The molecule has 0 fully saturated rings. The molecule has 0 aliphatic heterocycles. The number of nitrogens with zero attached hydrogens (tertiary/aromatic N) is 2. The predicted molar refractivity (Wildman–Crippen MR) is 48.5 cm³/mol. The zero-order valence-corrected chi connectivity index (χ0v) is 7.46. The van der Waals surface area contributed by atoms with Crippen molar-refractivity contribution in [3.63, 3.8) is 0 Å². The predicted octanol–water partition coefficient (Wildman–Crippen LogP) is 0.429. The number of aromatic nitrogens is 2. The lowest BCUT2D eigenvalue weighted by Gasteiger charge is -1.91. The van der Waals surface area contributed by atoms with Crippen LogP contribution in [0.4, 0.5) is 0 Å². The fraction of sp³-hybridized carbons (Fsp3) is 0.444. The van der Waals surface area contributed by atoms with E-state index in [2.05, 4.69) is 16.9 Å². The zero-order chi connectivity index (χ0) is 8.97. The summed E-state index contributed by atoms with van der Waals surface area (Å²) in [6, 6.07) is 0. The van der Waals surface area contributed by atoms with Crippen molar-refractivity contribution in [3.05, 3.63) is 17.5 Å². The molecule has 0 unspecified atom stereocenters. The number of nitrogens with two attached hydrogens (primary N) is 1. The van der Waals surface area contributed by atoms with Crippen LogP contribution < -0.4 is 5.73 Å². The largest absolute Gasteiger partial charge is 0.330 e. The SMILES string of the molecule is Cc1c(C#CCCN)cnn1C. The average molecular weight is 163 g/mol. The average Bonchev–Trinajstić information content (AvgIpc) is 2.36. The molecule has 0 aliphatic rings. The molecule has 0 saturated carbocycles. The Kier molecular flexibility index (Phi) is 2.89. The summed E-state index contributed by atoms with van der Waals surface area (Å²) in [7, 11) is 1.91. The highest BCUT2D eigenvalue weighted by Gasteiger charge is 1.97. The number of hydrogen-bond donors (Lipinski definition) is 1. The van der Waals surface area contributed by atoms with E-state index in [1.165, 1.54) is 0 Å². The highest BCUT2D eigenvalue weighted by atomic mass is 15.3. The maximum Gasteiger partial charge on any atom is 0.0654 e. The van der Waals surface area contributed by atoms with Crippen molar-refractivity contribution in [2.45, 2.75) is 13.3 Å². The number of hydrogen-bond acceptors (Lipinski definition) is 2. The van der Waals surface area contributed by atoms with Crippen LogP contribution in [0.5, 0.6) is 0 Å². The van der Waals surface area contributed by atoms with Crippen LogP contribution in [0.25, 0.3) is 0 Å². The van der Waals surface area contributed by atoms with Gasteiger partial charge in [-0.15, -0.1) is 0 Å². The molecule has 0 atom stereocenters. The molecule has 2 N–H and O–H groups in total. The Morgan fingerprint density at radius 2 is 2.42 bits per heavy atom. The summed E-state index contributed by atoms with van der Waals surface area (Å²) in [6.45, 7) is 2.62. The molecule has 1 aromatic heterocycles. The maximum atomic E-state index is 5.31. The summed E-state index contributed by atoms with van der Waals surface area (Å²) in [5.74, 6) is 6.00. The van der Waals surface area contributed by atoms with Gasteiger partial charge < -0.3 is 5.73 Å². The van der Waals surface area contributed by atoms with Gasteiger partial charge in [0.1, 0.15) is 0 Å². The Balaban J connectivity index is 2.78. The first-order chi connectivity index (χ1) is 5.75. The van der Waals surface area contributed by atoms with Gasteiger partial charge in [0.15, 0.2) is 0 Å². The normalized spacial score (nSPS) is 9.25. The molecule has 0 radical (unpaired) electrons. The molecule has 3 heteroatoms. The van der Waals surface area contributed by atoms with Crippen LogP contribution in [0.1, 0.15) is 17.7 Å². The fourth-order valence-electron chi connectivity index (χ4n) is 0.851. The van der Waals surface area contributed by atoms with E-state index >= 15 is 0 Å². The Bertz CT molecular complexity index is 314. The lowest BCUT2D eigenvalue weighted by molar-refractivity contribution is 0.740. The van der Waals surface area contributed by atoms with Crippen LogP contribution in [0.2, 0.25) is 0 Å². The van der Waals surface area contributed by atoms with Gasteiger partial charge >= 0.3 is 0 Å². The van der Waals surface area contributed by atoms with Gasteiger partial charge in [-0.3, -0.25) is 4.68 Å². The molecule has 64 valence electrons. The van der Waals surface area contributed by atoms with Gasteiger partial charge in [0, 0.05) is 20.0 Å². The molecule has 3 nitrogen and oxygen atoms in total. The van der Waals surface area contributed by atoms with Gasteiger partial charge in [0.2, 0.25) is 0 Å². The summed E-state index contributed by atoms with van der Waals surface area (Å²) in [5.41, 5.74) is 7.40. The smallest absolute Gasteiger partial charge is 0.0654 e. The molecule has 1 heterocycles. The van der Waals surface area contributed by atoms with Crippen LogP contribution in [-0.2, 0) is 7.05 Å². The Hall–Kier alpha value is -1.27. The van der Waals surface area contributed by atoms with Gasteiger partial charge in [0.05, 0.1) is 17.5 Å². The van der Waals surface area contributed by atoms with E-state index in [0.29, 0.717) is 6.54 Å². The van der Waals surface area contributed by atoms with E-state index in [0.717, 1.165) is 17.7 Å². The fourth-order valence-corrected chi connectivity index (χ4v) is 0.851. The summed E-state index contributed by atoms with van der Waals surface area (Å²) in [5, 5.41) is 4.08. The molecule has 0 aromatic carbocycles. The number of aryl methyl sites for hydroxylation is 1. The molecular formula is C9H13N3. The van der Waals surface area contributed by atoms with Crippen molar-refractivity contribution >= 4 is 0 Å². The first-order valence-corrected chi connectivity index (χ1v) is 3.93. The van der Waals surface area contributed by atoms with Gasteiger partial charge in [-0.1, -0.05) is 11.8 Å². The minimum absolute atomic E-state index is 0.617. The van der Waals surface area contributed by atoms with Crippen LogP contribution in [0, 0.1) is 18.8 Å². The second-order valence-corrected chi connectivity index (χ2v) is 2.61. The molecule has 1 aromatic rings. The minimum Gasteiger partial charge on any atom is -0.330 e. The Morgan fingerprint density at radius 1 is 1.67 bits per heavy atom. The van der Waals surface area contributed by atoms with Crippen LogP contribution in [-0.4, -0.2) is 16.3 Å². The molecule has 12 heavy (non-hydrogen) atoms. The van der Waals surface area contributed by atoms with Crippen molar-refractivity contribution in [2.75, 3.05) is 6.54 Å². The first kappa shape index (κ1) is 8.82. The summed E-state index contributed by atoms with van der Waals surface area (Å²) in [4.78, 5) is 0. The molecule has 0 saturated heterocycles. The molecule has 0 aliphatic carbocycles. The monoisotopic (exact) mass is 163 g/mol. The third-order valence-corrected chi connectivity index (χ3v) is 1.73.